The Morgan fingerprint density at radius 1 is 1.00 bits per heavy atom. The van der Waals surface area contributed by atoms with Gasteiger partial charge in [0.05, 0.1) is 10.2 Å². The molecule has 4 heteroatoms. The molecule has 0 radical (unpaired) electrons. The minimum atomic E-state index is -1.89. The quantitative estimate of drug-likeness (QED) is 0.240. The van der Waals surface area contributed by atoms with Crippen LogP contribution in [0.15, 0.2) is 36.4 Å². The van der Waals surface area contributed by atoms with Gasteiger partial charge in [-0.1, -0.05) is 64.8 Å². The van der Waals surface area contributed by atoms with E-state index in [0.29, 0.717) is 16.1 Å². The van der Waals surface area contributed by atoms with Crippen LogP contribution < -0.4 is 0 Å². The third-order valence-corrected chi connectivity index (χ3v) is 13.4. The van der Waals surface area contributed by atoms with E-state index in [1.807, 2.05) is 0 Å². The summed E-state index contributed by atoms with van der Waals surface area (Å²) in [5.41, 5.74) is 4.41. The molecule has 32 heavy (non-hydrogen) atoms. The molecule has 0 amide bonds. The first kappa shape index (κ1) is 25.9. The molecule has 2 aromatic rings. The van der Waals surface area contributed by atoms with Crippen LogP contribution in [0.25, 0.3) is 11.1 Å². The Morgan fingerprint density at radius 3 is 2.19 bits per heavy atom. The Labute approximate surface area is 209 Å². The molecule has 0 unspecified atom stereocenters. The van der Waals surface area contributed by atoms with Gasteiger partial charge in [0.1, 0.15) is 5.82 Å². The highest BCUT2D eigenvalue weighted by Crippen LogP contribution is 2.39. The molecule has 1 saturated carbocycles. The van der Waals surface area contributed by atoms with Crippen molar-refractivity contribution in [1.29, 1.82) is 0 Å². The zero-order valence-electron chi connectivity index (χ0n) is 20.7. The van der Waals surface area contributed by atoms with Crippen LogP contribution in [0.5, 0.6) is 0 Å². The predicted molar refractivity (Wildman–Crippen MR) is 146 cm³/mol. The number of rotatable bonds is 7. The van der Waals surface area contributed by atoms with E-state index in [-0.39, 0.29) is 10.9 Å². The van der Waals surface area contributed by atoms with Crippen molar-refractivity contribution in [2.75, 3.05) is 0 Å². The van der Waals surface area contributed by atoms with Crippen molar-refractivity contribution in [3.8, 4) is 11.1 Å². The second-order valence-corrected chi connectivity index (χ2v) is 17.0. The van der Waals surface area contributed by atoms with Gasteiger partial charge in [0.25, 0.3) is 0 Å². The van der Waals surface area contributed by atoms with Gasteiger partial charge in [-0.15, -0.1) is 0 Å². The molecule has 0 spiro atoms. The highest BCUT2D eigenvalue weighted by molar-refractivity contribution is 14.1. The van der Waals surface area contributed by atoms with Gasteiger partial charge in [-0.05, 0) is 113 Å². The lowest BCUT2D eigenvalue weighted by Gasteiger charge is -2.36. The Morgan fingerprint density at radius 2 is 1.62 bits per heavy atom. The van der Waals surface area contributed by atoms with E-state index in [2.05, 4.69) is 93.7 Å². The van der Waals surface area contributed by atoms with Gasteiger partial charge in [0.15, 0.2) is 8.32 Å². The molecule has 2 aromatic carbocycles. The summed E-state index contributed by atoms with van der Waals surface area (Å²) in [5.74, 6) is 1.45. The van der Waals surface area contributed by atoms with E-state index in [9.17, 15) is 4.39 Å². The lowest BCUT2D eigenvalue weighted by molar-refractivity contribution is 0.275. The van der Waals surface area contributed by atoms with Crippen LogP contribution in [0.4, 0.5) is 4.39 Å². The number of halogens is 2. The van der Waals surface area contributed by atoms with E-state index < -0.39 is 8.32 Å². The van der Waals surface area contributed by atoms with Crippen LogP contribution in [-0.4, -0.2) is 8.32 Å². The zero-order valence-corrected chi connectivity index (χ0v) is 23.9. The molecular formula is C28H40FIOSi. The Balaban J connectivity index is 1.74. The lowest BCUT2D eigenvalue weighted by atomic mass is 9.77. The minimum absolute atomic E-state index is 0.139. The molecule has 3 rings (SSSR count). The van der Waals surface area contributed by atoms with Crippen LogP contribution in [0.1, 0.15) is 83.3 Å². The second-order valence-electron chi connectivity index (χ2n) is 11.1. The van der Waals surface area contributed by atoms with E-state index in [0.717, 1.165) is 22.6 Å². The monoisotopic (exact) mass is 566 g/mol. The van der Waals surface area contributed by atoms with Crippen molar-refractivity contribution in [1.82, 2.24) is 0 Å². The van der Waals surface area contributed by atoms with Crippen molar-refractivity contribution in [2.45, 2.75) is 96.9 Å². The minimum Gasteiger partial charge on any atom is -0.413 e. The second kappa shape index (κ2) is 10.7. The molecule has 0 aliphatic heterocycles. The standard InChI is InChI=1S/C28H40FIOSi/c1-7-8-20-9-11-21(12-10-20)22-13-15-23(16-14-22)24-17-25(27(30)26(29)18-24)19-31-32(5,6)28(2,3)4/h13-18,20-21H,7-12,19H2,1-6H3. The summed E-state index contributed by atoms with van der Waals surface area (Å²) >= 11 is 2.12. The van der Waals surface area contributed by atoms with Gasteiger partial charge in [0.2, 0.25) is 0 Å². The van der Waals surface area contributed by atoms with Gasteiger partial charge < -0.3 is 4.43 Å². The smallest absolute Gasteiger partial charge is 0.192 e. The number of hydrogen-bond donors (Lipinski definition) is 0. The van der Waals surface area contributed by atoms with Gasteiger partial charge >= 0.3 is 0 Å². The molecule has 1 nitrogen and oxygen atoms in total. The number of hydrogen-bond acceptors (Lipinski definition) is 1. The van der Waals surface area contributed by atoms with Crippen molar-refractivity contribution < 1.29 is 8.82 Å². The largest absolute Gasteiger partial charge is 0.413 e. The summed E-state index contributed by atoms with van der Waals surface area (Å²) < 4.78 is 21.9. The van der Waals surface area contributed by atoms with Crippen LogP contribution in [-0.2, 0) is 11.0 Å². The molecule has 0 aromatic heterocycles. The van der Waals surface area contributed by atoms with Crippen LogP contribution in [0.2, 0.25) is 18.1 Å². The Bertz CT molecular complexity index is 893. The Kier molecular flexibility index (Phi) is 8.65. The fourth-order valence-electron chi connectivity index (χ4n) is 4.53. The zero-order chi connectivity index (χ0) is 23.5. The highest BCUT2D eigenvalue weighted by atomic mass is 127. The molecule has 176 valence electrons. The summed E-state index contributed by atoms with van der Waals surface area (Å²) in [4.78, 5) is 0. The van der Waals surface area contributed by atoms with Crippen molar-refractivity contribution >= 4 is 30.9 Å². The van der Waals surface area contributed by atoms with Gasteiger partial charge in [-0.25, -0.2) is 4.39 Å². The first-order valence-electron chi connectivity index (χ1n) is 12.2. The van der Waals surface area contributed by atoms with Gasteiger partial charge in [-0.2, -0.15) is 0 Å². The van der Waals surface area contributed by atoms with Crippen molar-refractivity contribution in [3.63, 3.8) is 0 Å². The van der Waals surface area contributed by atoms with E-state index in [4.69, 9.17) is 4.43 Å². The fraction of sp³-hybridized carbons (Fsp3) is 0.571. The molecule has 0 heterocycles. The van der Waals surface area contributed by atoms with Gasteiger partial charge in [-0.3, -0.25) is 0 Å². The third kappa shape index (κ3) is 6.23. The summed E-state index contributed by atoms with van der Waals surface area (Å²) in [6.45, 7) is 14.0. The maximum atomic E-state index is 14.8. The fourth-order valence-corrected chi connectivity index (χ4v) is 5.95. The first-order valence-corrected chi connectivity index (χ1v) is 16.2. The SMILES string of the molecule is CCCC1CCC(c2ccc(-c3cc(F)c(I)c(CO[Si](C)(C)C(C)(C)C)c3)cc2)CC1. The lowest BCUT2D eigenvalue weighted by Crippen LogP contribution is -2.40. The van der Waals surface area contributed by atoms with E-state index >= 15 is 0 Å². The summed E-state index contributed by atoms with van der Waals surface area (Å²) in [6, 6.07) is 12.7. The maximum absolute atomic E-state index is 14.8. The normalized spacial score (nSPS) is 19.9. The molecule has 0 bridgehead atoms. The maximum Gasteiger partial charge on any atom is 0.192 e. The molecule has 0 N–H and O–H groups in total. The summed E-state index contributed by atoms with van der Waals surface area (Å²) in [6.07, 6.45) is 8.01. The van der Waals surface area contributed by atoms with Crippen LogP contribution in [0, 0.1) is 15.3 Å². The predicted octanol–water partition coefficient (Wildman–Crippen LogP) is 9.69. The van der Waals surface area contributed by atoms with Crippen molar-refractivity contribution in [2.24, 2.45) is 5.92 Å². The summed E-state index contributed by atoms with van der Waals surface area (Å²) in [5, 5.41) is 0.139. The number of benzene rings is 2. The summed E-state index contributed by atoms with van der Waals surface area (Å²) in [7, 11) is -1.89. The first-order chi connectivity index (χ1) is 15.0. The molecule has 0 saturated heterocycles. The van der Waals surface area contributed by atoms with Crippen LogP contribution in [0.3, 0.4) is 0 Å². The highest BCUT2D eigenvalue weighted by Gasteiger charge is 2.37. The van der Waals surface area contributed by atoms with E-state index in [1.165, 1.54) is 44.1 Å². The molecule has 1 aliphatic carbocycles. The molecular weight excluding hydrogens is 526 g/mol. The van der Waals surface area contributed by atoms with Gasteiger partial charge in [0, 0.05) is 0 Å². The van der Waals surface area contributed by atoms with Crippen LogP contribution >= 0.6 is 22.6 Å². The molecule has 1 aliphatic rings. The molecule has 0 atom stereocenters. The topological polar surface area (TPSA) is 9.23 Å². The average Bonchev–Trinajstić information content (AvgIpc) is 2.75. The average molecular weight is 567 g/mol. The van der Waals surface area contributed by atoms with Crippen molar-refractivity contribution in [3.05, 3.63) is 56.9 Å². The third-order valence-electron chi connectivity index (χ3n) is 7.76. The molecule has 1 fully saturated rings. The van der Waals surface area contributed by atoms with E-state index in [1.54, 1.807) is 6.07 Å². The Hall–Kier alpha value is -0.723.